The summed E-state index contributed by atoms with van der Waals surface area (Å²) in [7, 11) is 1.96. The van der Waals surface area contributed by atoms with Crippen molar-refractivity contribution < 1.29 is 4.79 Å². The molecule has 0 saturated carbocycles. The van der Waals surface area contributed by atoms with E-state index in [1.165, 1.54) is 0 Å². The third-order valence-corrected chi connectivity index (χ3v) is 4.38. The van der Waals surface area contributed by atoms with E-state index < -0.39 is 6.04 Å². The number of carbonyl (C=O) groups excluding carboxylic acids is 1. The van der Waals surface area contributed by atoms with Gasteiger partial charge in [-0.05, 0) is 37.6 Å². The van der Waals surface area contributed by atoms with Gasteiger partial charge in [0.1, 0.15) is 6.04 Å². The third-order valence-electron chi connectivity index (χ3n) is 4.38. The number of hydrogen-bond acceptors (Lipinski definition) is 4. The lowest BCUT2D eigenvalue weighted by Crippen LogP contribution is -2.41. The lowest BCUT2D eigenvalue weighted by Gasteiger charge is -2.19. The van der Waals surface area contributed by atoms with Gasteiger partial charge in [0.25, 0.3) is 0 Å². The van der Waals surface area contributed by atoms with E-state index in [2.05, 4.69) is 20.6 Å². The number of nitrogens with one attached hydrogen (secondary N) is 2. The van der Waals surface area contributed by atoms with Crippen LogP contribution < -0.4 is 10.6 Å². The Balaban J connectivity index is 1.75. The summed E-state index contributed by atoms with van der Waals surface area (Å²) in [6.45, 7) is 4.31. The average molecular weight is 363 g/mol. The quantitative estimate of drug-likeness (QED) is 0.677. The smallest absolute Gasteiger partial charge is 0.243 e. The molecule has 0 saturated heterocycles. The maximum atomic E-state index is 12.9. The van der Waals surface area contributed by atoms with Crippen molar-refractivity contribution in [3.05, 3.63) is 77.4 Å². The number of nitrogens with zero attached hydrogens (tertiary/aromatic N) is 3. The van der Waals surface area contributed by atoms with Gasteiger partial charge in [-0.15, -0.1) is 0 Å². The van der Waals surface area contributed by atoms with Gasteiger partial charge in [-0.3, -0.25) is 4.79 Å². The monoisotopic (exact) mass is 363 g/mol. The first-order valence-corrected chi connectivity index (χ1v) is 9.02. The second-order valence-corrected chi connectivity index (χ2v) is 6.69. The minimum absolute atomic E-state index is 0.0807. The van der Waals surface area contributed by atoms with Crippen LogP contribution in [-0.4, -0.2) is 26.5 Å². The minimum Gasteiger partial charge on any atom is -0.353 e. The van der Waals surface area contributed by atoms with Crippen molar-refractivity contribution in [3.63, 3.8) is 0 Å². The van der Waals surface area contributed by atoms with Crippen molar-refractivity contribution in [1.82, 2.24) is 19.9 Å². The summed E-state index contributed by atoms with van der Waals surface area (Å²) in [6, 6.07) is 15.3. The molecular formula is C21H25N5O. The van der Waals surface area contributed by atoms with Gasteiger partial charge in [-0.2, -0.15) is 0 Å². The number of rotatable bonds is 7. The summed E-state index contributed by atoms with van der Waals surface area (Å²) >= 11 is 0. The van der Waals surface area contributed by atoms with E-state index in [1.54, 1.807) is 0 Å². The van der Waals surface area contributed by atoms with E-state index >= 15 is 0 Å². The maximum absolute atomic E-state index is 12.9. The van der Waals surface area contributed by atoms with Crippen LogP contribution in [0.1, 0.15) is 22.6 Å². The van der Waals surface area contributed by atoms with E-state index in [0.717, 1.165) is 22.6 Å². The van der Waals surface area contributed by atoms with Crippen molar-refractivity contribution in [2.45, 2.75) is 32.9 Å². The van der Waals surface area contributed by atoms with Crippen molar-refractivity contribution in [3.8, 4) is 0 Å². The predicted molar refractivity (Wildman–Crippen MR) is 106 cm³/mol. The molecule has 0 bridgehead atoms. The fourth-order valence-electron chi connectivity index (χ4n) is 2.99. The van der Waals surface area contributed by atoms with E-state index in [0.29, 0.717) is 18.9 Å². The highest BCUT2D eigenvalue weighted by atomic mass is 16.2. The predicted octanol–water partition coefficient (Wildman–Crippen LogP) is 2.77. The molecule has 27 heavy (non-hydrogen) atoms. The molecule has 2 N–H and O–H groups in total. The molecule has 0 aliphatic heterocycles. The van der Waals surface area contributed by atoms with Crippen molar-refractivity contribution in [2.75, 3.05) is 5.32 Å². The molecule has 3 rings (SSSR count). The molecule has 2 aromatic heterocycles. The van der Waals surface area contributed by atoms with Crippen LogP contribution in [0.3, 0.4) is 0 Å². The highest BCUT2D eigenvalue weighted by molar-refractivity contribution is 5.84. The third kappa shape index (κ3) is 5.17. The first kappa shape index (κ1) is 18.6. The van der Waals surface area contributed by atoms with Crippen LogP contribution in [0.15, 0.2) is 54.7 Å². The molecule has 0 aliphatic carbocycles. The Hall–Kier alpha value is -3.15. The van der Waals surface area contributed by atoms with Gasteiger partial charge >= 0.3 is 0 Å². The summed E-state index contributed by atoms with van der Waals surface area (Å²) in [5, 5.41) is 6.23. The topological polar surface area (TPSA) is 71.8 Å². The Morgan fingerprint density at radius 1 is 1.07 bits per heavy atom. The molecule has 2 heterocycles. The van der Waals surface area contributed by atoms with Gasteiger partial charge in [-0.25, -0.2) is 9.97 Å². The molecule has 0 radical (unpaired) electrons. The van der Waals surface area contributed by atoms with Gasteiger partial charge in [0.15, 0.2) is 0 Å². The SMILES string of the molecule is Cc1cc(C)nc(N[C@H](Cc2ccccc2)C(=O)NCc2cccn2C)n1. The van der Waals surface area contributed by atoms with E-state index in [9.17, 15) is 4.79 Å². The van der Waals surface area contributed by atoms with Crippen molar-refractivity contribution in [1.29, 1.82) is 0 Å². The normalized spacial score (nSPS) is 11.8. The zero-order valence-corrected chi connectivity index (χ0v) is 15.9. The largest absolute Gasteiger partial charge is 0.353 e. The Morgan fingerprint density at radius 2 is 1.78 bits per heavy atom. The minimum atomic E-state index is -0.464. The molecule has 6 nitrogen and oxygen atoms in total. The van der Waals surface area contributed by atoms with Gasteiger partial charge in [0, 0.05) is 36.7 Å². The summed E-state index contributed by atoms with van der Waals surface area (Å²) in [5.41, 5.74) is 3.86. The van der Waals surface area contributed by atoms with E-state index in [1.807, 2.05) is 80.2 Å². The number of aromatic nitrogens is 3. The zero-order valence-electron chi connectivity index (χ0n) is 15.9. The van der Waals surface area contributed by atoms with Crippen molar-refractivity contribution >= 4 is 11.9 Å². The molecule has 3 aromatic rings. The van der Waals surface area contributed by atoms with Gasteiger partial charge in [0.2, 0.25) is 11.9 Å². The number of amides is 1. The lowest BCUT2D eigenvalue weighted by atomic mass is 10.1. The average Bonchev–Trinajstić information content (AvgIpc) is 3.04. The Bertz CT molecular complexity index is 884. The van der Waals surface area contributed by atoms with Crippen LogP contribution in [0, 0.1) is 13.8 Å². The van der Waals surface area contributed by atoms with Crippen LogP contribution in [0.25, 0.3) is 0 Å². The molecule has 0 spiro atoms. The molecule has 140 valence electrons. The Morgan fingerprint density at radius 3 is 2.41 bits per heavy atom. The maximum Gasteiger partial charge on any atom is 0.243 e. The number of aryl methyl sites for hydroxylation is 3. The molecule has 1 amide bonds. The fraction of sp³-hybridized carbons (Fsp3) is 0.286. The summed E-state index contributed by atoms with van der Waals surface area (Å²) in [5.74, 6) is 0.394. The molecule has 1 aromatic carbocycles. The van der Waals surface area contributed by atoms with Crippen LogP contribution in [0.2, 0.25) is 0 Å². The van der Waals surface area contributed by atoms with Crippen molar-refractivity contribution in [2.24, 2.45) is 7.05 Å². The molecule has 1 atom stereocenters. The summed E-state index contributed by atoms with van der Waals surface area (Å²) in [4.78, 5) is 21.7. The van der Waals surface area contributed by atoms with Gasteiger partial charge < -0.3 is 15.2 Å². The molecule has 0 unspecified atom stereocenters. The highest BCUT2D eigenvalue weighted by Gasteiger charge is 2.20. The fourth-order valence-corrected chi connectivity index (χ4v) is 2.99. The van der Waals surface area contributed by atoms with Crippen LogP contribution in [0.4, 0.5) is 5.95 Å². The number of anilines is 1. The molecule has 0 fully saturated rings. The van der Waals surface area contributed by atoms with Gasteiger partial charge in [0.05, 0.1) is 6.54 Å². The molecular weight excluding hydrogens is 338 g/mol. The van der Waals surface area contributed by atoms with Gasteiger partial charge in [-0.1, -0.05) is 30.3 Å². The standard InChI is InChI=1S/C21H25N5O/c1-15-12-16(2)24-21(23-15)25-19(13-17-8-5-4-6-9-17)20(27)22-14-18-10-7-11-26(18)3/h4-12,19H,13-14H2,1-3H3,(H,22,27)(H,23,24,25)/t19-/m1/s1. The molecule has 0 aliphatic rings. The van der Waals surface area contributed by atoms with E-state index in [-0.39, 0.29) is 5.91 Å². The van der Waals surface area contributed by atoms with Crippen LogP contribution in [0.5, 0.6) is 0 Å². The second-order valence-electron chi connectivity index (χ2n) is 6.69. The van der Waals surface area contributed by atoms with Crippen LogP contribution >= 0.6 is 0 Å². The number of carbonyl (C=O) groups is 1. The Labute approximate surface area is 159 Å². The summed E-state index contributed by atoms with van der Waals surface area (Å²) < 4.78 is 1.99. The van der Waals surface area contributed by atoms with E-state index in [4.69, 9.17) is 0 Å². The highest BCUT2D eigenvalue weighted by Crippen LogP contribution is 2.10. The second kappa shape index (κ2) is 8.49. The van der Waals surface area contributed by atoms with Crippen LogP contribution in [-0.2, 0) is 24.8 Å². The first-order valence-electron chi connectivity index (χ1n) is 9.02. The Kier molecular flexibility index (Phi) is 5.86. The number of benzene rings is 1. The molecule has 6 heteroatoms. The lowest BCUT2D eigenvalue weighted by molar-refractivity contribution is -0.122. The zero-order chi connectivity index (χ0) is 19.2. The number of hydrogen-bond donors (Lipinski definition) is 2. The summed E-state index contributed by atoms with van der Waals surface area (Å²) in [6.07, 6.45) is 2.51. The first-order chi connectivity index (χ1) is 13.0.